The Bertz CT molecular complexity index is 481. The Kier molecular flexibility index (Phi) is 4.04. The van der Waals surface area contributed by atoms with E-state index in [1.807, 2.05) is 27.7 Å². The van der Waals surface area contributed by atoms with Crippen LogP contribution in [0.5, 0.6) is 0 Å². The van der Waals surface area contributed by atoms with Crippen molar-refractivity contribution in [2.45, 2.75) is 70.4 Å². The SMILES string of the molecule is C=C(B1OC(C)(C)C(C)(C)O1)C1(C=O)CCC2(CC1)OCCO2. The molecule has 6 heteroatoms. The van der Waals surface area contributed by atoms with E-state index >= 15 is 0 Å². The van der Waals surface area contributed by atoms with Gasteiger partial charge in [0.15, 0.2) is 5.79 Å². The average molecular weight is 322 g/mol. The third-order valence-electron chi connectivity index (χ3n) is 6.12. The molecule has 2 heterocycles. The second-order valence-corrected chi connectivity index (χ2v) is 8.00. The summed E-state index contributed by atoms with van der Waals surface area (Å²) in [5, 5.41) is 0. The smallest absolute Gasteiger partial charge is 0.400 e. The van der Waals surface area contributed by atoms with Gasteiger partial charge in [-0.3, -0.25) is 0 Å². The molecule has 0 N–H and O–H groups in total. The highest BCUT2D eigenvalue weighted by molar-refractivity contribution is 6.55. The van der Waals surface area contributed by atoms with Crippen LogP contribution in [0.2, 0.25) is 0 Å². The zero-order valence-electron chi connectivity index (χ0n) is 14.6. The summed E-state index contributed by atoms with van der Waals surface area (Å²) >= 11 is 0. The molecule has 2 aliphatic heterocycles. The first kappa shape index (κ1) is 17.1. The van der Waals surface area contributed by atoms with Gasteiger partial charge in [-0.15, -0.1) is 6.58 Å². The standard InChI is InChI=1S/C17H27BO5/c1-13(18-22-14(2,3)15(4,5)23-18)16(12-19)6-8-17(9-7-16)20-10-11-21-17/h12H,1,6-11H2,2-5H3. The molecule has 5 nitrogen and oxygen atoms in total. The van der Waals surface area contributed by atoms with E-state index in [-0.39, 0.29) is 0 Å². The summed E-state index contributed by atoms with van der Waals surface area (Å²) in [7, 11) is -0.551. The van der Waals surface area contributed by atoms with Gasteiger partial charge in [0, 0.05) is 18.3 Å². The number of carbonyl (C=O) groups is 1. The van der Waals surface area contributed by atoms with Crippen molar-refractivity contribution in [3.05, 3.63) is 12.1 Å². The van der Waals surface area contributed by atoms with Crippen LogP contribution < -0.4 is 0 Å². The second-order valence-electron chi connectivity index (χ2n) is 8.00. The monoisotopic (exact) mass is 322 g/mol. The highest BCUT2D eigenvalue weighted by Crippen LogP contribution is 2.50. The van der Waals surface area contributed by atoms with Gasteiger partial charge in [0.05, 0.1) is 24.4 Å². The van der Waals surface area contributed by atoms with Gasteiger partial charge >= 0.3 is 7.12 Å². The van der Waals surface area contributed by atoms with Crippen LogP contribution in [0, 0.1) is 5.41 Å². The zero-order valence-corrected chi connectivity index (χ0v) is 14.6. The van der Waals surface area contributed by atoms with Gasteiger partial charge in [-0.25, -0.2) is 0 Å². The Balaban J connectivity index is 1.74. The molecular weight excluding hydrogens is 295 g/mol. The van der Waals surface area contributed by atoms with Gasteiger partial charge in [-0.2, -0.15) is 0 Å². The molecule has 0 aromatic rings. The molecule has 1 spiro atoms. The number of ether oxygens (including phenoxy) is 2. The second kappa shape index (κ2) is 5.41. The third kappa shape index (κ3) is 2.70. The fourth-order valence-corrected chi connectivity index (χ4v) is 3.60. The molecule has 0 amide bonds. The van der Waals surface area contributed by atoms with Crippen molar-refractivity contribution in [3.63, 3.8) is 0 Å². The summed E-state index contributed by atoms with van der Waals surface area (Å²) < 4.78 is 23.7. The van der Waals surface area contributed by atoms with Crippen molar-refractivity contribution < 1.29 is 23.6 Å². The minimum atomic E-state index is -0.623. The van der Waals surface area contributed by atoms with Gasteiger partial charge in [-0.05, 0) is 46.0 Å². The predicted octanol–water partition coefficient (Wildman–Crippen LogP) is 2.68. The summed E-state index contributed by atoms with van der Waals surface area (Å²) in [5.74, 6) is -0.497. The molecular formula is C17H27BO5. The predicted molar refractivity (Wildman–Crippen MR) is 86.8 cm³/mol. The molecule has 0 radical (unpaired) electrons. The van der Waals surface area contributed by atoms with Crippen molar-refractivity contribution >= 4 is 13.4 Å². The Morgan fingerprint density at radius 2 is 1.43 bits per heavy atom. The zero-order chi connectivity index (χ0) is 16.9. The number of carbonyl (C=O) groups excluding carboxylic acids is 1. The van der Waals surface area contributed by atoms with Crippen LogP contribution in [0.1, 0.15) is 53.4 Å². The van der Waals surface area contributed by atoms with Crippen LogP contribution in [0.4, 0.5) is 0 Å². The minimum Gasteiger partial charge on any atom is -0.400 e. The molecule has 2 saturated heterocycles. The van der Waals surface area contributed by atoms with Crippen LogP contribution in [0.3, 0.4) is 0 Å². The molecule has 3 rings (SSSR count). The molecule has 3 fully saturated rings. The van der Waals surface area contributed by atoms with Gasteiger partial charge in [0.25, 0.3) is 0 Å². The fourth-order valence-electron chi connectivity index (χ4n) is 3.60. The van der Waals surface area contributed by atoms with Crippen molar-refractivity contribution in [1.29, 1.82) is 0 Å². The third-order valence-corrected chi connectivity index (χ3v) is 6.12. The summed E-state index contributed by atoms with van der Waals surface area (Å²) in [4.78, 5) is 12.0. The molecule has 0 bridgehead atoms. The maximum absolute atomic E-state index is 12.0. The van der Waals surface area contributed by atoms with Crippen LogP contribution in [0.15, 0.2) is 12.1 Å². The molecule has 1 aliphatic carbocycles. The lowest BCUT2D eigenvalue weighted by molar-refractivity contribution is -0.187. The van der Waals surface area contributed by atoms with E-state index in [9.17, 15) is 4.79 Å². The fraction of sp³-hybridized carbons (Fsp3) is 0.824. The lowest BCUT2D eigenvalue weighted by Gasteiger charge is -2.42. The maximum atomic E-state index is 12.0. The minimum absolute atomic E-state index is 0.432. The van der Waals surface area contributed by atoms with E-state index in [1.165, 1.54) is 0 Å². The largest absolute Gasteiger partial charge is 0.490 e. The van der Waals surface area contributed by atoms with E-state index in [0.717, 1.165) is 11.8 Å². The van der Waals surface area contributed by atoms with Crippen LogP contribution >= 0.6 is 0 Å². The Labute approximate surface area is 138 Å². The van der Waals surface area contributed by atoms with Crippen molar-refractivity contribution in [2.24, 2.45) is 5.41 Å². The molecule has 0 unspecified atom stereocenters. The first-order chi connectivity index (χ1) is 10.7. The van der Waals surface area contributed by atoms with E-state index in [2.05, 4.69) is 6.58 Å². The Morgan fingerprint density at radius 1 is 0.957 bits per heavy atom. The number of hydrogen-bond donors (Lipinski definition) is 0. The Morgan fingerprint density at radius 3 is 1.87 bits per heavy atom. The Hall–Kier alpha value is -0.685. The van der Waals surface area contributed by atoms with Gasteiger partial charge in [0.1, 0.15) is 6.29 Å². The van der Waals surface area contributed by atoms with Crippen LogP contribution in [-0.2, 0) is 23.6 Å². The van der Waals surface area contributed by atoms with E-state index in [0.29, 0.717) is 38.9 Å². The normalized spacial score (nSPS) is 30.5. The van der Waals surface area contributed by atoms with Crippen LogP contribution in [-0.4, -0.2) is 43.6 Å². The number of hydrogen-bond acceptors (Lipinski definition) is 5. The molecule has 0 atom stereocenters. The van der Waals surface area contributed by atoms with E-state index in [1.54, 1.807) is 0 Å². The maximum Gasteiger partial charge on any atom is 0.490 e. The molecule has 1 saturated carbocycles. The molecule has 3 aliphatic rings. The molecule has 0 aromatic carbocycles. The average Bonchev–Trinajstić information content (AvgIpc) is 3.03. The molecule has 23 heavy (non-hydrogen) atoms. The van der Waals surface area contributed by atoms with Crippen molar-refractivity contribution in [2.75, 3.05) is 13.2 Å². The first-order valence-corrected chi connectivity index (χ1v) is 8.45. The quantitative estimate of drug-likeness (QED) is 0.591. The van der Waals surface area contributed by atoms with Gasteiger partial charge in [0.2, 0.25) is 0 Å². The highest BCUT2D eigenvalue weighted by Gasteiger charge is 2.57. The van der Waals surface area contributed by atoms with Gasteiger partial charge in [-0.1, -0.05) is 0 Å². The highest BCUT2D eigenvalue weighted by atomic mass is 16.7. The topological polar surface area (TPSA) is 54.0 Å². The number of allylic oxidation sites excluding steroid dienone is 1. The summed E-state index contributed by atoms with van der Waals surface area (Å²) in [6.45, 7) is 13.5. The van der Waals surface area contributed by atoms with Crippen molar-refractivity contribution in [3.8, 4) is 0 Å². The van der Waals surface area contributed by atoms with Gasteiger partial charge < -0.3 is 23.6 Å². The summed E-state index contributed by atoms with van der Waals surface area (Å²) in [6.07, 6.45) is 3.72. The molecule has 0 aromatic heterocycles. The molecule has 128 valence electrons. The van der Waals surface area contributed by atoms with E-state index < -0.39 is 29.5 Å². The summed E-state index contributed by atoms with van der Waals surface area (Å²) in [5.41, 5.74) is -0.767. The number of rotatable bonds is 3. The van der Waals surface area contributed by atoms with Crippen LogP contribution in [0.25, 0.3) is 0 Å². The lowest BCUT2D eigenvalue weighted by Crippen LogP contribution is -2.44. The summed E-state index contributed by atoms with van der Waals surface area (Å²) in [6, 6.07) is 0. The lowest BCUT2D eigenvalue weighted by atomic mass is 9.57. The van der Waals surface area contributed by atoms with E-state index in [4.69, 9.17) is 18.8 Å². The first-order valence-electron chi connectivity index (χ1n) is 8.45. The van der Waals surface area contributed by atoms with Crippen molar-refractivity contribution in [1.82, 2.24) is 0 Å². The number of aldehydes is 1.